The summed E-state index contributed by atoms with van der Waals surface area (Å²) in [7, 11) is 1.38. The molecule has 82 valence electrons. The van der Waals surface area contributed by atoms with Crippen LogP contribution in [0.5, 0.6) is 0 Å². The maximum Gasteiger partial charge on any atom is 0.341 e. The minimum atomic E-state index is -0.323. The van der Waals surface area contributed by atoms with Gasteiger partial charge in [0.1, 0.15) is 5.56 Å². The lowest BCUT2D eigenvalue weighted by atomic mass is 9.93. The van der Waals surface area contributed by atoms with E-state index in [1.807, 2.05) is 4.68 Å². The van der Waals surface area contributed by atoms with Gasteiger partial charge >= 0.3 is 5.97 Å². The van der Waals surface area contributed by atoms with Crippen LogP contribution in [0, 0.1) is 0 Å². The van der Waals surface area contributed by atoms with Gasteiger partial charge in [0.2, 0.25) is 0 Å². The second-order valence-electron chi connectivity index (χ2n) is 3.73. The number of carbonyl (C=O) groups is 1. The zero-order valence-corrected chi connectivity index (χ0v) is 8.77. The minimum Gasteiger partial charge on any atom is -0.465 e. The first-order valence-electron chi connectivity index (χ1n) is 5.12. The quantitative estimate of drug-likeness (QED) is 0.720. The van der Waals surface area contributed by atoms with Crippen molar-refractivity contribution in [2.24, 2.45) is 5.73 Å². The lowest BCUT2D eigenvalue weighted by Gasteiger charge is -2.23. The first kappa shape index (κ1) is 10.2. The second kappa shape index (κ2) is 4.02. The van der Waals surface area contributed by atoms with Gasteiger partial charge in [-0.15, -0.1) is 0 Å². The molecular weight excluding hydrogens is 194 g/mol. The van der Waals surface area contributed by atoms with E-state index in [9.17, 15) is 4.79 Å². The number of methoxy groups -OCH3 is 1. The largest absolute Gasteiger partial charge is 0.465 e. The minimum absolute atomic E-state index is 0.232. The van der Waals surface area contributed by atoms with Crippen molar-refractivity contribution in [2.75, 3.05) is 13.7 Å². The summed E-state index contributed by atoms with van der Waals surface area (Å²) in [6, 6.07) is 0. The predicted octanol–water partition coefficient (Wildman–Crippen LogP) is 0.506. The Bertz CT molecular complexity index is 373. The van der Waals surface area contributed by atoms with E-state index in [4.69, 9.17) is 10.5 Å². The molecule has 1 unspecified atom stereocenters. The summed E-state index contributed by atoms with van der Waals surface area (Å²) in [5.41, 5.74) is 7.20. The topological polar surface area (TPSA) is 70.1 Å². The number of hydrogen-bond acceptors (Lipinski definition) is 4. The van der Waals surface area contributed by atoms with E-state index in [0.29, 0.717) is 12.1 Å². The van der Waals surface area contributed by atoms with E-state index in [-0.39, 0.29) is 11.9 Å². The molecule has 0 saturated carbocycles. The van der Waals surface area contributed by atoms with E-state index in [1.165, 1.54) is 7.11 Å². The Hall–Kier alpha value is -1.36. The predicted molar refractivity (Wildman–Crippen MR) is 54.6 cm³/mol. The monoisotopic (exact) mass is 209 g/mol. The molecule has 2 rings (SSSR count). The molecule has 0 radical (unpaired) electrons. The fourth-order valence-corrected chi connectivity index (χ4v) is 2.12. The average molecular weight is 209 g/mol. The first-order valence-corrected chi connectivity index (χ1v) is 5.12. The van der Waals surface area contributed by atoms with Crippen molar-refractivity contribution in [3.8, 4) is 0 Å². The maximum atomic E-state index is 11.5. The molecule has 2 N–H and O–H groups in total. The van der Waals surface area contributed by atoms with Crippen LogP contribution in [-0.2, 0) is 11.3 Å². The molecule has 1 aliphatic heterocycles. The van der Waals surface area contributed by atoms with Gasteiger partial charge in [-0.2, -0.15) is 5.10 Å². The highest BCUT2D eigenvalue weighted by atomic mass is 16.5. The number of aromatic nitrogens is 2. The van der Waals surface area contributed by atoms with Crippen LogP contribution in [-0.4, -0.2) is 29.4 Å². The van der Waals surface area contributed by atoms with Crippen molar-refractivity contribution in [3.63, 3.8) is 0 Å². The molecule has 0 aliphatic carbocycles. The molecule has 1 aromatic rings. The molecule has 0 fully saturated rings. The molecule has 2 heterocycles. The number of carbonyl (C=O) groups excluding carboxylic acids is 1. The highest BCUT2D eigenvalue weighted by Gasteiger charge is 2.27. The van der Waals surface area contributed by atoms with Crippen molar-refractivity contribution < 1.29 is 9.53 Å². The summed E-state index contributed by atoms with van der Waals surface area (Å²) in [5.74, 6) is -0.0908. The van der Waals surface area contributed by atoms with E-state index >= 15 is 0 Å². The second-order valence-corrected chi connectivity index (χ2v) is 3.73. The van der Waals surface area contributed by atoms with Crippen LogP contribution in [0.2, 0.25) is 0 Å². The summed E-state index contributed by atoms with van der Waals surface area (Å²) in [6.07, 6.45) is 3.67. The Labute approximate surface area is 88.2 Å². The fraction of sp³-hybridized carbons (Fsp3) is 0.600. The Balaban J connectivity index is 2.41. The highest BCUT2D eigenvalue weighted by Crippen LogP contribution is 2.28. The SMILES string of the molecule is COC(=O)c1cnn2c1C(CN)CCC2. The Morgan fingerprint density at radius 3 is 3.27 bits per heavy atom. The van der Waals surface area contributed by atoms with E-state index in [2.05, 4.69) is 5.10 Å². The number of ether oxygens (including phenoxy) is 1. The number of rotatable bonds is 2. The van der Waals surface area contributed by atoms with Crippen LogP contribution in [0.4, 0.5) is 0 Å². The van der Waals surface area contributed by atoms with Crippen molar-refractivity contribution in [2.45, 2.75) is 25.3 Å². The highest BCUT2D eigenvalue weighted by molar-refractivity contribution is 5.90. The smallest absolute Gasteiger partial charge is 0.341 e. The van der Waals surface area contributed by atoms with Gasteiger partial charge in [-0.25, -0.2) is 4.79 Å². The number of aryl methyl sites for hydroxylation is 1. The summed E-state index contributed by atoms with van der Waals surface area (Å²) < 4.78 is 6.59. The molecule has 1 aromatic heterocycles. The Morgan fingerprint density at radius 1 is 1.80 bits per heavy atom. The maximum absolute atomic E-state index is 11.5. The van der Waals surface area contributed by atoms with Gasteiger partial charge in [-0.05, 0) is 12.8 Å². The van der Waals surface area contributed by atoms with Crippen molar-refractivity contribution >= 4 is 5.97 Å². The molecule has 1 aliphatic rings. The van der Waals surface area contributed by atoms with E-state index in [0.717, 1.165) is 25.1 Å². The number of esters is 1. The number of fused-ring (bicyclic) bond motifs is 1. The van der Waals surface area contributed by atoms with E-state index < -0.39 is 0 Å². The molecule has 0 amide bonds. The van der Waals surface area contributed by atoms with E-state index in [1.54, 1.807) is 6.20 Å². The molecule has 0 aromatic carbocycles. The summed E-state index contributed by atoms with van der Waals surface area (Å²) >= 11 is 0. The van der Waals surface area contributed by atoms with Crippen LogP contribution in [0.25, 0.3) is 0 Å². The molecule has 1 atom stereocenters. The zero-order chi connectivity index (χ0) is 10.8. The van der Waals surface area contributed by atoms with Gasteiger partial charge in [-0.3, -0.25) is 4.68 Å². The molecule has 0 bridgehead atoms. The van der Waals surface area contributed by atoms with Gasteiger partial charge in [-0.1, -0.05) is 0 Å². The van der Waals surface area contributed by atoms with Crippen molar-refractivity contribution in [1.82, 2.24) is 9.78 Å². The van der Waals surface area contributed by atoms with Crippen LogP contribution < -0.4 is 5.73 Å². The molecule has 0 spiro atoms. The van der Waals surface area contributed by atoms with Crippen LogP contribution in [0.1, 0.15) is 34.8 Å². The van der Waals surface area contributed by atoms with Gasteiger partial charge in [0.15, 0.2) is 0 Å². The van der Waals surface area contributed by atoms with Crippen LogP contribution in [0.3, 0.4) is 0 Å². The average Bonchev–Trinajstić information content (AvgIpc) is 2.71. The molecule has 15 heavy (non-hydrogen) atoms. The first-order chi connectivity index (χ1) is 7.27. The van der Waals surface area contributed by atoms with Gasteiger partial charge in [0, 0.05) is 19.0 Å². The summed E-state index contributed by atoms with van der Waals surface area (Å²) in [4.78, 5) is 11.5. The number of nitrogens with zero attached hydrogens (tertiary/aromatic N) is 2. The van der Waals surface area contributed by atoms with Gasteiger partial charge in [0.25, 0.3) is 0 Å². The third-order valence-electron chi connectivity index (χ3n) is 2.88. The Kier molecular flexibility index (Phi) is 2.73. The zero-order valence-electron chi connectivity index (χ0n) is 8.77. The Morgan fingerprint density at radius 2 is 2.60 bits per heavy atom. The lowest BCUT2D eigenvalue weighted by Crippen LogP contribution is -2.24. The number of hydrogen-bond donors (Lipinski definition) is 1. The van der Waals surface area contributed by atoms with Crippen molar-refractivity contribution in [3.05, 3.63) is 17.5 Å². The molecular formula is C10H15N3O2. The molecule has 0 saturated heterocycles. The molecule has 5 nitrogen and oxygen atoms in total. The van der Waals surface area contributed by atoms with Crippen molar-refractivity contribution in [1.29, 1.82) is 0 Å². The third-order valence-corrected chi connectivity index (χ3v) is 2.88. The van der Waals surface area contributed by atoms with Gasteiger partial charge in [0.05, 0.1) is 19.0 Å². The normalized spacial score (nSPS) is 19.7. The van der Waals surface area contributed by atoms with Gasteiger partial charge < -0.3 is 10.5 Å². The van der Waals surface area contributed by atoms with Crippen LogP contribution in [0.15, 0.2) is 6.20 Å². The third kappa shape index (κ3) is 1.63. The summed E-state index contributed by atoms with van der Waals surface area (Å²) in [5, 5.41) is 4.18. The standard InChI is InChI=1S/C10H15N3O2/c1-15-10(14)8-6-12-13-4-2-3-7(5-11)9(8)13/h6-7H,2-5,11H2,1H3. The summed E-state index contributed by atoms with van der Waals surface area (Å²) in [6.45, 7) is 1.42. The number of nitrogens with two attached hydrogens (primary N) is 1. The fourth-order valence-electron chi connectivity index (χ4n) is 2.12. The lowest BCUT2D eigenvalue weighted by molar-refractivity contribution is 0.0598. The van der Waals surface area contributed by atoms with Crippen LogP contribution >= 0.6 is 0 Å². The molecule has 5 heteroatoms.